The lowest BCUT2D eigenvalue weighted by atomic mass is 10.1. The number of ether oxygens (including phenoxy) is 2. The molecule has 1 amide bonds. The van der Waals surface area contributed by atoms with Crippen LogP contribution in [0.15, 0.2) is 53.7 Å². The van der Waals surface area contributed by atoms with Gasteiger partial charge in [0.25, 0.3) is 0 Å². The Morgan fingerprint density at radius 2 is 1.84 bits per heavy atom. The Morgan fingerprint density at radius 1 is 1.06 bits per heavy atom. The Labute approximate surface area is 191 Å². The molecule has 3 rings (SSSR count). The summed E-state index contributed by atoms with van der Waals surface area (Å²) in [6.07, 6.45) is 2.68. The molecule has 1 N–H and O–H groups in total. The molecule has 0 fully saturated rings. The predicted molar refractivity (Wildman–Crippen MR) is 123 cm³/mol. The first-order valence-electron chi connectivity index (χ1n) is 10.1. The molecule has 0 spiro atoms. The molecule has 0 unspecified atom stereocenters. The number of aryl methyl sites for hydroxylation is 2. The zero-order valence-electron chi connectivity index (χ0n) is 18.3. The van der Waals surface area contributed by atoms with E-state index in [4.69, 9.17) is 9.47 Å². The molecular formula is C23H26N4O4S. The Kier molecular flexibility index (Phi) is 8.27. The first-order chi connectivity index (χ1) is 15.5. The number of carbonyl (C=O) groups is 2. The second kappa shape index (κ2) is 11.3. The summed E-state index contributed by atoms with van der Waals surface area (Å²) in [6, 6.07) is 14.7. The van der Waals surface area contributed by atoms with E-state index in [1.54, 1.807) is 31.4 Å². The number of nitrogens with zero attached hydrogens (tertiary/aromatic N) is 3. The van der Waals surface area contributed by atoms with E-state index >= 15 is 0 Å². The highest BCUT2D eigenvalue weighted by Gasteiger charge is 2.12. The maximum absolute atomic E-state index is 12.3. The van der Waals surface area contributed by atoms with Gasteiger partial charge in [-0.05, 0) is 48.7 Å². The van der Waals surface area contributed by atoms with Gasteiger partial charge in [0, 0.05) is 19.2 Å². The summed E-state index contributed by atoms with van der Waals surface area (Å²) in [7, 11) is 4.88. The lowest BCUT2D eigenvalue weighted by molar-refractivity contribution is -0.113. The fourth-order valence-electron chi connectivity index (χ4n) is 3.10. The quantitative estimate of drug-likeness (QED) is 0.370. The van der Waals surface area contributed by atoms with Crippen LogP contribution in [-0.4, -0.2) is 46.6 Å². The monoisotopic (exact) mass is 454 g/mol. The second-order valence-electron chi connectivity index (χ2n) is 7.07. The van der Waals surface area contributed by atoms with Crippen LogP contribution in [0, 0.1) is 0 Å². The molecule has 9 heteroatoms. The van der Waals surface area contributed by atoms with E-state index in [-0.39, 0.29) is 11.7 Å². The van der Waals surface area contributed by atoms with Gasteiger partial charge in [0.2, 0.25) is 5.91 Å². The maximum atomic E-state index is 12.3. The molecule has 1 heterocycles. The molecule has 0 bridgehead atoms. The SMILES string of the molecule is COC(=O)c1cccc(NC(=O)CSc2nnc(CCCc3ccc(OC)cc3)n2C)c1. The van der Waals surface area contributed by atoms with Gasteiger partial charge in [0.05, 0.1) is 25.5 Å². The summed E-state index contributed by atoms with van der Waals surface area (Å²) >= 11 is 1.32. The standard InChI is InChI=1S/C23H26N4O4S/c1-27-20(9-4-6-16-10-12-19(30-2)13-11-16)25-26-23(27)32-15-21(28)24-18-8-5-7-17(14-18)22(29)31-3/h5,7-8,10-14H,4,6,9,15H2,1-3H3,(H,24,28). The van der Waals surface area contributed by atoms with Crippen molar-refractivity contribution in [3.8, 4) is 5.75 Å². The van der Waals surface area contributed by atoms with Crippen molar-refractivity contribution in [3.63, 3.8) is 0 Å². The molecule has 0 aliphatic heterocycles. The number of benzene rings is 2. The number of thioether (sulfide) groups is 1. The van der Waals surface area contributed by atoms with Gasteiger partial charge in [-0.25, -0.2) is 4.79 Å². The third-order valence-corrected chi connectivity index (χ3v) is 5.87. The molecule has 168 valence electrons. The summed E-state index contributed by atoms with van der Waals surface area (Å²) in [6.45, 7) is 0. The zero-order chi connectivity index (χ0) is 22.9. The number of hydrogen-bond donors (Lipinski definition) is 1. The van der Waals surface area contributed by atoms with Crippen LogP contribution in [0.4, 0.5) is 5.69 Å². The Bertz CT molecular complexity index is 1070. The van der Waals surface area contributed by atoms with E-state index in [1.165, 1.54) is 24.4 Å². The lowest BCUT2D eigenvalue weighted by Gasteiger charge is -2.07. The molecule has 0 saturated carbocycles. The third-order valence-electron chi connectivity index (χ3n) is 4.85. The van der Waals surface area contributed by atoms with Crippen molar-refractivity contribution in [2.24, 2.45) is 7.05 Å². The van der Waals surface area contributed by atoms with Crippen LogP contribution in [0.1, 0.15) is 28.2 Å². The first kappa shape index (κ1) is 23.3. The van der Waals surface area contributed by atoms with Crippen LogP contribution in [0.5, 0.6) is 5.75 Å². The molecule has 0 saturated heterocycles. The predicted octanol–water partition coefficient (Wildman–Crippen LogP) is 3.52. The summed E-state index contributed by atoms with van der Waals surface area (Å²) < 4.78 is 11.8. The average Bonchev–Trinajstić information content (AvgIpc) is 3.17. The molecule has 2 aromatic carbocycles. The number of nitrogens with one attached hydrogen (secondary N) is 1. The average molecular weight is 455 g/mol. The van der Waals surface area contributed by atoms with Crippen LogP contribution in [0.2, 0.25) is 0 Å². The normalized spacial score (nSPS) is 10.6. The molecule has 0 radical (unpaired) electrons. The second-order valence-corrected chi connectivity index (χ2v) is 8.01. The molecule has 32 heavy (non-hydrogen) atoms. The van der Waals surface area contributed by atoms with Crippen molar-refractivity contribution in [1.29, 1.82) is 0 Å². The largest absolute Gasteiger partial charge is 0.497 e. The summed E-state index contributed by atoms with van der Waals surface area (Å²) in [5, 5.41) is 11.9. The van der Waals surface area contributed by atoms with Crippen LogP contribution in [0.3, 0.4) is 0 Å². The maximum Gasteiger partial charge on any atom is 0.337 e. The topological polar surface area (TPSA) is 95.3 Å². The molecule has 8 nitrogen and oxygen atoms in total. The van der Waals surface area contributed by atoms with Crippen molar-refractivity contribution in [2.75, 3.05) is 25.3 Å². The number of anilines is 1. The molecule has 0 atom stereocenters. The molecule has 0 aliphatic rings. The Morgan fingerprint density at radius 3 is 2.56 bits per heavy atom. The number of hydrogen-bond acceptors (Lipinski definition) is 7. The number of methoxy groups -OCH3 is 2. The smallest absolute Gasteiger partial charge is 0.337 e. The summed E-state index contributed by atoms with van der Waals surface area (Å²) in [5.41, 5.74) is 2.16. The van der Waals surface area contributed by atoms with E-state index in [9.17, 15) is 9.59 Å². The number of esters is 1. The molecule has 0 aliphatic carbocycles. The van der Waals surface area contributed by atoms with E-state index in [0.29, 0.717) is 16.4 Å². The lowest BCUT2D eigenvalue weighted by Crippen LogP contribution is -2.15. The van der Waals surface area contributed by atoms with Crippen molar-refractivity contribution in [2.45, 2.75) is 24.4 Å². The van der Waals surface area contributed by atoms with Gasteiger partial charge in [-0.15, -0.1) is 10.2 Å². The fraction of sp³-hybridized carbons (Fsp3) is 0.304. The minimum atomic E-state index is -0.450. The van der Waals surface area contributed by atoms with Crippen molar-refractivity contribution in [3.05, 3.63) is 65.5 Å². The van der Waals surface area contributed by atoms with E-state index < -0.39 is 5.97 Å². The van der Waals surface area contributed by atoms with E-state index in [1.807, 2.05) is 23.7 Å². The van der Waals surface area contributed by atoms with Crippen molar-refractivity contribution >= 4 is 29.3 Å². The fourth-order valence-corrected chi connectivity index (χ4v) is 3.83. The van der Waals surface area contributed by atoms with Gasteiger partial charge in [-0.2, -0.15) is 0 Å². The number of aromatic nitrogens is 3. The summed E-state index contributed by atoms with van der Waals surface area (Å²) in [5.74, 6) is 1.27. The van der Waals surface area contributed by atoms with E-state index in [0.717, 1.165) is 30.8 Å². The van der Waals surface area contributed by atoms with Crippen molar-refractivity contribution in [1.82, 2.24) is 14.8 Å². The molecule has 1 aromatic heterocycles. The summed E-state index contributed by atoms with van der Waals surface area (Å²) in [4.78, 5) is 23.9. The zero-order valence-corrected chi connectivity index (χ0v) is 19.1. The molecular weight excluding hydrogens is 428 g/mol. The highest BCUT2D eigenvalue weighted by Crippen LogP contribution is 2.19. The minimum absolute atomic E-state index is 0.181. The van der Waals surface area contributed by atoms with Gasteiger partial charge >= 0.3 is 5.97 Å². The Balaban J connectivity index is 1.47. The number of rotatable bonds is 10. The minimum Gasteiger partial charge on any atom is -0.497 e. The van der Waals surface area contributed by atoms with Crippen LogP contribution >= 0.6 is 11.8 Å². The number of amides is 1. The van der Waals surface area contributed by atoms with Gasteiger partial charge in [0.15, 0.2) is 5.16 Å². The van der Waals surface area contributed by atoms with Crippen LogP contribution in [0.25, 0.3) is 0 Å². The van der Waals surface area contributed by atoms with Crippen LogP contribution < -0.4 is 10.1 Å². The third kappa shape index (κ3) is 6.34. The van der Waals surface area contributed by atoms with Gasteiger partial charge in [-0.3, -0.25) is 4.79 Å². The van der Waals surface area contributed by atoms with Gasteiger partial charge in [0.1, 0.15) is 11.6 Å². The van der Waals surface area contributed by atoms with Gasteiger partial charge in [-0.1, -0.05) is 30.0 Å². The number of carbonyl (C=O) groups excluding carboxylic acids is 2. The Hall–Kier alpha value is -3.33. The van der Waals surface area contributed by atoms with Crippen molar-refractivity contribution < 1.29 is 19.1 Å². The highest BCUT2D eigenvalue weighted by atomic mass is 32.2. The highest BCUT2D eigenvalue weighted by molar-refractivity contribution is 7.99. The first-order valence-corrected chi connectivity index (χ1v) is 11.1. The van der Waals surface area contributed by atoms with Gasteiger partial charge < -0.3 is 19.4 Å². The molecule has 3 aromatic rings. The van der Waals surface area contributed by atoms with E-state index in [2.05, 4.69) is 27.6 Å². The van der Waals surface area contributed by atoms with Crippen LogP contribution in [-0.2, 0) is 29.4 Å².